The molecule has 0 amide bonds. The Kier molecular flexibility index (Phi) is 7.33. The zero-order valence-corrected chi connectivity index (χ0v) is 18.1. The van der Waals surface area contributed by atoms with Crippen molar-refractivity contribution in [3.05, 3.63) is 11.9 Å². The van der Waals surface area contributed by atoms with Crippen LogP contribution in [0.4, 0.5) is 5.95 Å². The molecule has 7 nitrogen and oxygen atoms in total. The Morgan fingerprint density at radius 3 is 2.62 bits per heavy atom. The molecule has 1 aromatic heterocycles. The number of nitrogens with one attached hydrogen (secondary N) is 2. The largest absolute Gasteiger partial charge is 0.381 e. The zero-order chi connectivity index (χ0) is 17.2. The van der Waals surface area contributed by atoms with Gasteiger partial charge >= 0.3 is 0 Å². The molecule has 1 aromatic rings. The average molecular weight is 450 g/mol. The van der Waals surface area contributed by atoms with Gasteiger partial charge in [0, 0.05) is 46.8 Å². The Labute approximate surface area is 162 Å². The number of ether oxygens (including phenoxy) is 1. The van der Waals surface area contributed by atoms with Crippen LogP contribution >= 0.6 is 24.0 Å². The van der Waals surface area contributed by atoms with Crippen molar-refractivity contribution >= 4 is 35.9 Å². The number of methoxy groups -OCH3 is 1. The number of aliphatic imine (C=N–C) groups is 1. The minimum Gasteiger partial charge on any atom is -0.381 e. The quantitative estimate of drug-likeness (QED) is 0.405. The molecular formula is C16H31IN6O. The first-order chi connectivity index (χ1) is 10.8. The fourth-order valence-electron chi connectivity index (χ4n) is 3.08. The molecule has 2 unspecified atom stereocenters. The molecule has 138 valence electrons. The van der Waals surface area contributed by atoms with E-state index >= 15 is 0 Å². The van der Waals surface area contributed by atoms with E-state index in [2.05, 4.69) is 39.0 Å². The summed E-state index contributed by atoms with van der Waals surface area (Å²) in [5.74, 6) is 1.75. The predicted octanol–water partition coefficient (Wildman–Crippen LogP) is 1.58. The van der Waals surface area contributed by atoms with Crippen LogP contribution in [0.1, 0.15) is 26.0 Å². The van der Waals surface area contributed by atoms with Gasteiger partial charge in [0.05, 0.1) is 24.5 Å². The molecule has 1 saturated carbocycles. The summed E-state index contributed by atoms with van der Waals surface area (Å²) in [4.78, 5) is 10.7. The molecule has 8 heteroatoms. The smallest absolute Gasteiger partial charge is 0.204 e. The second kappa shape index (κ2) is 8.37. The van der Waals surface area contributed by atoms with E-state index < -0.39 is 0 Å². The lowest BCUT2D eigenvalue weighted by atomic mass is 9.64. The Balaban J connectivity index is 0.00000288. The van der Waals surface area contributed by atoms with E-state index in [0.717, 1.165) is 24.0 Å². The third kappa shape index (κ3) is 4.14. The summed E-state index contributed by atoms with van der Waals surface area (Å²) >= 11 is 0. The fraction of sp³-hybridized carbons (Fsp3) is 0.750. The zero-order valence-electron chi connectivity index (χ0n) is 15.8. The van der Waals surface area contributed by atoms with Gasteiger partial charge in [-0.3, -0.25) is 4.99 Å². The summed E-state index contributed by atoms with van der Waals surface area (Å²) in [6, 6.07) is 0.363. The van der Waals surface area contributed by atoms with Gasteiger partial charge < -0.3 is 24.8 Å². The summed E-state index contributed by atoms with van der Waals surface area (Å²) in [6.45, 7) is 5.12. The van der Waals surface area contributed by atoms with E-state index in [-0.39, 0.29) is 29.4 Å². The highest BCUT2D eigenvalue weighted by atomic mass is 127. The Morgan fingerprint density at radius 1 is 1.50 bits per heavy atom. The predicted molar refractivity (Wildman–Crippen MR) is 109 cm³/mol. The first-order valence-corrected chi connectivity index (χ1v) is 7.99. The van der Waals surface area contributed by atoms with Gasteiger partial charge in [-0.1, -0.05) is 13.8 Å². The van der Waals surface area contributed by atoms with E-state index in [1.807, 2.05) is 32.2 Å². The first kappa shape index (κ1) is 21.0. The maximum Gasteiger partial charge on any atom is 0.204 e. The molecular weight excluding hydrogens is 419 g/mol. The van der Waals surface area contributed by atoms with Gasteiger partial charge in [-0.15, -0.1) is 24.0 Å². The molecule has 0 aliphatic heterocycles. The van der Waals surface area contributed by atoms with E-state index in [4.69, 9.17) is 4.74 Å². The highest BCUT2D eigenvalue weighted by molar-refractivity contribution is 14.0. The van der Waals surface area contributed by atoms with Crippen LogP contribution in [0.3, 0.4) is 0 Å². The van der Waals surface area contributed by atoms with Crippen LogP contribution in [0.5, 0.6) is 0 Å². The summed E-state index contributed by atoms with van der Waals surface area (Å²) < 4.78 is 7.58. The topological polar surface area (TPSA) is 66.7 Å². The molecule has 1 aliphatic carbocycles. The second-order valence-corrected chi connectivity index (χ2v) is 6.91. The second-order valence-electron chi connectivity index (χ2n) is 6.91. The maximum absolute atomic E-state index is 5.50. The van der Waals surface area contributed by atoms with Crippen molar-refractivity contribution in [1.82, 2.24) is 20.2 Å². The summed E-state index contributed by atoms with van der Waals surface area (Å²) in [7, 11) is 9.58. The number of anilines is 1. The molecule has 2 rings (SSSR count). The van der Waals surface area contributed by atoms with E-state index in [9.17, 15) is 0 Å². The Hall–Kier alpha value is -1.03. The van der Waals surface area contributed by atoms with Crippen LogP contribution in [0.2, 0.25) is 0 Å². The van der Waals surface area contributed by atoms with Crippen molar-refractivity contribution in [2.24, 2.45) is 17.5 Å². The van der Waals surface area contributed by atoms with Crippen molar-refractivity contribution < 1.29 is 4.74 Å². The molecule has 1 heterocycles. The summed E-state index contributed by atoms with van der Waals surface area (Å²) in [5.41, 5.74) is 1.22. The monoisotopic (exact) mass is 450 g/mol. The number of halogens is 1. The summed E-state index contributed by atoms with van der Waals surface area (Å²) in [5, 5.41) is 6.86. The van der Waals surface area contributed by atoms with Crippen molar-refractivity contribution in [3.63, 3.8) is 0 Å². The van der Waals surface area contributed by atoms with E-state index in [1.54, 1.807) is 14.2 Å². The molecule has 0 saturated heterocycles. The lowest BCUT2D eigenvalue weighted by Crippen LogP contribution is -2.63. The van der Waals surface area contributed by atoms with Gasteiger partial charge in [0.1, 0.15) is 0 Å². The number of imidazole rings is 1. The van der Waals surface area contributed by atoms with Crippen LogP contribution in [0.25, 0.3) is 0 Å². The molecule has 0 bridgehead atoms. The van der Waals surface area contributed by atoms with Crippen LogP contribution in [0.15, 0.2) is 11.2 Å². The van der Waals surface area contributed by atoms with Crippen molar-refractivity contribution in [1.29, 1.82) is 0 Å². The first-order valence-electron chi connectivity index (χ1n) is 7.99. The molecule has 0 radical (unpaired) electrons. The van der Waals surface area contributed by atoms with E-state index in [1.165, 1.54) is 0 Å². The van der Waals surface area contributed by atoms with Gasteiger partial charge in [-0.05, 0) is 6.42 Å². The van der Waals surface area contributed by atoms with Gasteiger partial charge in [0.15, 0.2) is 5.96 Å². The van der Waals surface area contributed by atoms with Crippen molar-refractivity contribution in [2.45, 2.75) is 39.0 Å². The molecule has 2 N–H and O–H groups in total. The highest BCUT2D eigenvalue weighted by Crippen LogP contribution is 2.42. The molecule has 0 aromatic carbocycles. The van der Waals surface area contributed by atoms with Gasteiger partial charge in [0.25, 0.3) is 0 Å². The fourth-order valence-corrected chi connectivity index (χ4v) is 3.08. The van der Waals surface area contributed by atoms with E-state index in [0.29, 0.717) is 18.7 Å². The van der Waals surface area contributed by atoms with Crippen molar-refractivity contribution in [2.75, 3.05) is 33.2 Å². The number of guanidine groups is 1. The molecule has 24 heavy (non-hydrogen) atoms. The lowest BCUT2D eigenvalue weighted by Gasteiger charge is -2.51. The molecule has 1 fully saturated rings. The number of aromatic nitrogens is 2. The normalized spacial score (nSPS) is 22.4. The minimum atomic E-state index is 0. The SMILES string of the molecule is CN=C(NCc1cnc(N(C)C)n1C)NC1CC(OC)C1(C)C.I. The Bertz CT molecular complexity index is 569. The van der Waals surface area contributed by atoms with Gasteiger partial charge in [0.2, 0.25) is 5.95 Å². The maximum atomic E-state index is 5.50. The number of nitrogens with zero attached hydrogens (tertiary/aromatic N) is 4. The van der Waals surface area contributed by atoms with Gasteiger partial charge in [-0.25, -0.2) is 4.98 Å². The molecule has 1 aliphatic rings. The number of rotatable bonds is 5. The van der Waals surface area contributed by atoms with Gasteiger partial charge in [-0.2, -0.15) is 0 Å². The molecule has 2 atom stereocenters. The third-order valence-corrected chi connectivity index (χ3v) is 4.89. The van der Waals surface area contributed by atoms with Crippen LogP contribution in [-0.4, -0.2) is 55.9 Å². The van der Waals surface area contributed by atoms with Crippen LogP contribution in [-0.2, 0) is 18.3 Å². The standard InChI is InChI=1S/C16H30N6O.HI/c1-16(2)12(8-13(16)23-7)20-14(17-3)18-9-11-10-19-15(21(4)5)22(11)6;/h10,12-13H,8-9H2,1-7H3,(H2,17,18,20);1H. The number of hydrogen-bond donors (Lipinski definition) is 2. The third-order valence-electron chi connectivity index (χ3n) is 4.89. The minimum absolute atomic E-state index is 0. The highest BCUT2D eigenvalue weighted by Gasteiger charge is 2.48. The molecule has 0 spiro atoms. The van der Waals surface area contributed by atoms with Crippen LogP contribution < -0.4 is 15.5 Å². The average Bonchev–Trinajstić information content (AvgIpc) is 2.87. The number of hydrogen-bond acceptors (Lipinski definition) is 4. The Morgan fingerprint density at radius 2 is 2.17 bits per heavy atom. The van der Waals surface area contributed by atoms with Crippen molar-refractivity contribution in [3.8, 4) is 0 Å². The lowest BCUT2D eigenvalue weighted by molar-refractivity contribution is -0.0922. The van der Waals surface area contributed by atoms with Crippen LogP contribution in [0, 0.1) is 5.41 Å². The summed E-state index contributed by atoms with van der Waals surface area (Å²) in [6.07, 6.45) is 3.20.